The molecule has 2 rings (SSSR count). The molecular weight excluding hydrogens is 251 g/mol. The highest BCUT2D eigenvalue weighted by Crippen LogP contribution is 2.32. The first-order valence-electron chi connectivity index (χ1n) is 5.61. The van der Waals surface area contributed by atoms with Gasteiger partial charge in [0.25, 0.3) is 0 Å². The number of halogens is 1. The summed E-state index contributed by atoms with van der Waals surface area (Å²) in [6.45, 7) is 3.90. The molecular formula is C14H15FO2S. The van der Waals surface area contributed by atoms with Crippen LogP contribution in [0.5, 0.6) is 5.75 Å². The zero-order chi connectivity index (χ0) is 13.3. The molecule has 18 heavy (non-hydrogen) atoms. The van der Waals surface area contributed by atoms with Gasteiger partial charge in [0.1, 0.15) is 17.7 Å². The fraction of sp³-hybridized carbons (Fsp3) is 0.286. The number of hydrogen-bond acceptors (Lipinski definition) is 3. The van der Waals surface area contributed by atoms with E-state index in [4.69, 9.17) is 4.74 Å². The fourth-order valence-corrected chi connectivity index (χ4v) is 2.90. The summed E-state index contributed by atoms with van der Waals surface area (Å²) in [6, 6.07) is 6.39. The molecule has 0 radical (unpaired) electrons. The lowest BCUT2D eigenvalue weighted by Gasteiger charge is -2.12. The Labute approximate surface area is 110 Å². The van der Waals surface area contributed by atoms with Crippen LogP contribution in [0.15, 0.2) is 24.3 Å². The van der Waals surface area contributed by atoms with Crippen LogP contribution < -0.4 is 4.74 Å². The molecule has 0 saturated heterocycles. The summed E-state index contributed by atoms with van der Waals surface area (Å²) < 4.78 is 18.8. The monoisotopic (exact) mass is 266 g/mol. The van der Waals surface area contributed by atoms with Crippen molar-refractivity contribution in [2.45, 2.75) is 20.0 Å². The highest BCUT2D eigenvalue weighted by Gasteiger charge is 2.19. The second-order valence-electron chi connectivity index (χ2n) is 4.16. The molecule has 0 saturated carbocycles. The largest absolute Gasteiger partial charge is 0.497 e. The summed E-state index contributed by atoms with van der Waals surface area (Å²) in [7, 11) is 1.48. The average molecular weight is 266 g/mol. The molecule has 1 N–H and O–H groups in total. The minimum absolute atomic E-state index is 0.275. The molecule has 0 bridgehead atoms. The van der Waals surface area contributed by atoms with Crippen LogP contribution in [-0.4, -0.2) is 12.2 Å². The number of aryl methyl sites for hydroxylation is 2. The van der Waals surface area contributed by atoms with E-state index in [0.29, 0.717) is 5.75 Å². The minimum atomic E-state index is -0.930. The zero-order valence-electron chi connectivity index (χ0n) is 10.5. The summed E-state index contributed by atoms with van der Waals surface area (Å²) in [5.41, 5.74) is 1.04. The number of thiophene rings is 1. The van der Waals surface area contributed by atoms with Crippen molar-refractivity contribution in [3.8, 4) is 5.75 Å². The van der Waals surface area contributed by atoms with E-state index in [1.54, 1.807) is 23.5 Å². The van der Waals surface area contributed by atoms with E-state index in [1.807, 2.05) is 19.9 Å². The van der Waals surface area contributed by atoms with Crippen LogP contribution in [0.1, 0.15) is 27.0 Å². The van der Waals surface area contributed by atoms with Crippen molar-refractivity contribution < 1.29 is 14.2 Å². The number of benzene rings is 1. The summed E-state index contributed by atoms with van der Waals surface area (Å²) in [5, 5.41) is 10.3. The van der Waals surface area contributed by atoms with Gasteiger partial charge in [0.15, 0.2) is 0 Å². The van der Waals surface area contributed by atoms with Gasteiger partial charge in [-0.05, 0) is 37.6 Å². The molecule has 0 amide bonds. The van der Waals surface area contributed by atoms with Gasteiger partial charge in [-0.15, -0.1) is 11.3 Å². The maximum Gasteiger partial charge on any atom is 0.133 e. The Hall–Kier alpha value is -1.39. The van der Waals surface area contributed by atoms with E-state index in [2.05, 4.69) is 0 Å². The van der Waals surface area contributed by atoms with Gasteiger partial charge in [-0.2, -0.15) is 0 Å². The van der Waals surface area contributed by atoms with Crippen molar-refractivity contribution in [2.75, 3.05) is 7.11 Å². The highest BCUT2D eigenvalue weighted by molar-refractivity contribution is 7.12. The van der Waals surface area contributed by atoms with Gasteiger partial charge in [-0.3, -0.25) is 0 Å². The number of methoxy groups -OCH3 is 1. The molecule has 2 aromatic rings. The first kappa shape index (κ1) is 13.1. The zero-order valence-corrected chi connectivity index (χ0v) is 11.3. The molecule has 0 fully saturated rings. The first-order valence-corrected chi connectivity index (χ1v) is 6.43. The molecule has 1 aromatic heterocycles. The summed E-state index contributed by atoms with van der Waals surface area (Å²) in [4.78, 5) is 2.12. The van der Waals surface area contributed by atoms with Crippen molar-refractivity contribution in [3.63, 3.8) is 0 Å². The Kier molecular flexibility index (Phi) is 3.68. The topological polar surface area (TPSA) is 29.5 Å². The molecule has 1 unspecified atom stereocenters. The van der Waals surface area contributed by atoms with Crippen molar-refractivity contribution in [1.29, 1.82) is 0 Å². The predicted molar refractivity (Wildman–Crippen MR) is 70.8 cm³/mol. The van der Waals surface area contributed by atoms with Crippen LogP contribution in [-0.2, 0) is 0 Å². The van der Waals surface area contributed by atoms with Crippen LogP contribution >= 0.6 is 11.3 Å². The first-order chi connectivity index (χ1) is 8.52. The van der Waals surface area contributed by atoms with Crippen LogP contribution in [0.25, 0.3) is 0 Å². The van der Waals surface area contributed by atoms with E-state index in [9.17, 15) is 9.50 Å². The smallest absolute Gasteiger partial charge is 0.133 e. The van der Waals surface area contributed by atoms with E-state index in [0.717, 1.165) is 15.3 Å². The molecule has 4 heteroatoms. The SMILES string of the molecule is COc1ccc(C(O)c2cc(C)sc2C)c(F)c1. The molecule has 1 heterocycles. The van der Waals surface area contributed by atoms with E-state index in [-0.39, 0.29) is 5.56 Å². The maximum atomic E-state index is 13.9. The van der Waals surface area contributed by atoms with Crippen molar-refractivity contribution >= 4 is 11.3 Å². The van der Waals surface area contributed by atoms with Crippen molar-refractivity contribution in [2.24, 2.45) is 0 Å². The number of aliphatic hydroxyl groups excluding tert-OH is 1. The molecule has 2 nitrogen and oxygen atoms in total. The third-order valence-electron chi connectivity index (χ3n) is 2.88. The second-order valence-corrected chi connectivity index (χ2v) is 5.62. The Balaban J connectivity index is 2.39. The van der Waals surface area contributed by atoms with Crippen LogP contribution in [0.2, 0.25) is 0 Å². The summed E-state index contributed by atoms with van der Waals surface area (Å²) >= 11 is 1.60. The van der Waals surface area contributed by atoms with E-state index in [1.165, 1.54) is 13.2 Å². The third-order valence-corrected chi connectivity index (χ3v) is 3.86. The van der Waals surface area contributed by atoms with Gasteiger partial charge in [0, 0.05) is 21.4 Å². The summed E-state index contributed by atoms with van der Waals surface area (Å²) in [5.74, 6) is -0.00762. The molecule has 0 aliphatic rings. The Bertz CT molecular complexity index is 563. The molecule has 1 aromatic carbocycles. The number of hydrogen-bond donors (Lipinski definition) is 1. The number of aliphatic hydroxyl groups is 1. The van der Waals surface area contributed by atoms with Gasteiger partial charge in [-0.1, -0.05) is 0 Å². The lowest BCUT2D eigenvalue weighted by molar-refractivity contribution is 0.214. The van der Waals surface area contributed by atoms with Gasteiger partial charge in [-0.25, -0.2) is 4.39 Å². The molecule has 0 aliphatic heterocycles. The van der Waals surface area contributed by atoms with Gasteiger partial charge in [0.05, 0.1) is 7.11 Å². The molecule has 0 aliphatic carbocycles. The molecule has 1 atom stereocenters. The van der Waals surface area contributed by atoms with Crippen molar-refractivity contribution in [1.82, 2.24) is 0 Å². The standard InChI is InChI=1S/C14H15FO2S/c1-8-6-12(9(2)18-8)14(16)11-5-4-10(17-3)7-13(11)15/h4-7,14,16H,1-3H3. The van der Waals surface area contributed by atoms with Crippen LogP contribution in [0.4, 0.5) is 4.39 Å². The Morgan fingerprint density at radius 1 is 1.22 bits per heavy atom. The van der Waals surface area contributed by atoms with Gasteiger partial charge >= 0.3 is 0 Å². The predicted octanol–water partition coefficient (Wildman–Crippen LogP) is 3.59. The third kappa shape index (κ3) is 2.40. The lowest BCUT2D eigenvalue weighted by atomic mass is 10.0. The average Bonchev–Trinajstić information content (AvgIpc) is 2.67. The van der Waals surface area contributed by atoms with E-state index >= 15 is 0 Å². The quantitative estimate of drug-likeness (QED) is 0.920. The van der Waals surface area contributed by atoms with Crippen LogP contribution in [0.3, 0.4) is 0 Å². The summed E-state index contributed by atoms with van der Waals surface area (Å²) in [6.07, 6.45) is -0.930. The maximum absolute atomic E-state index is 13.9. The highest BCUT2D eigenvalue weighted by atomic mass is 32.1. The van der Waals surface area contributed by atoms with Crippen LogP contribution in [0, 0.1) is 19.7 Å². The van der Waals surface area contributed by atoms with Gasteiger partial charge < -0.3 is 9.84 Å². The fourth-order valence-electron chi connectivity index (χ4n) is 1.95. The number of ether oxygens (including phenoxy) is 1. The molecule has 96 valence electrons. The Morgan fingerprint density at radius 3 is 2.44 bits per heavy atom. The second kappa shape index (κ2) is 5.08. The molecule has 0 spiro atoms. The van der Waals surface area contributed by atoms with E-state index < -0.39 is 11.9 Å². The minimum Gasteiger partial charge on any atom is -0.497 e. The van der Waals surface area contributed by atoms with Gasteiger partial charge in [0.2, 0.25) is 0 Å². The lowest BCUT2D eigenvalue weighted by Crippen LogP contribution is -2.03. The Morgan fingerprint density at radius 2 is 1.94 bits per heavy atom. The normalized spacial score (nSPS) is 12.5. The number of rotatable bonds is 3. The van der Waals surface area contributed by atoms with Crippen molar-refractivity contribution in [3.05, 3.63) is 51.0 Å².